The monoisotopic (exact) mass is 307 g/mol. The van der Waals surface area contributed by atoms with Crippen LogP contribution in [0.2, 0.25) is 0 Å². The zero-order valence-electron chi connectivity index (χ0n) is 13.3. The largest absolute Gasteiger partial charge is 0.444 e. The first kappa shape index (κ1) is 16.5. The van der Waals surface area contributed by atoms with Crippen molar-refractivity contribution < 1.29 is 18.7 Å². The second-order valence-electron chi connectivity index (χ2n) is 6.64. The van der Waals surface area contributed by atoms with E-state index in [1.54, 1.807) is 39.0 Å². The molecule has 0 saturated carbocycles. The number of likely N-dealkylation sites (tertiary alicyclic amines) is 1. The molecule has 0 spiro atoms. The van der Waals surface area contributed by atoms with E-state index >= 15 is 0 Å². The highest BCUT2D eigenvalue weighted by atomic mass is 19.1. The molecule has 0 aromatic heterocycles. The average Bonchev–Trinajstić information content (AvgIpc) is 2.41. The van der Waals surface area contributed by atoms with Gasteiger partial charge in [0.1, 0.15) is 17.2 Å². The lowest BCUT2D eigenvalue weighted by atomic mass is 9.90. The van der Waals surface area contributed by atoms with Crippen LogP contribution >= 0.6 is 0 Å². The summed E-state index contributed by atoms with van der Waals surface area (Å²) < 4.78 is 19.1. The van der Waals surface area contributed by atoms with Gasteiger partial charge in [-0.25, -0.2) is 9.18 Å². The SMILES string of the molecule is CC(C)(C)OC(=O)N1CCC(=O)[C@H](Cc2ccccc2F)C1. The minimum absolute atomic E-state index is 0.0723. The summed E-state index contributed by atoms with van der Waals surface area (Å²) in [5.74, 6) is -0.620. The predicted molar refractivity (Wildman–Crippen MR) is 81.0 cm³/mol. The molecular weight excluding hydrogens is 285 g/mol. The minimum Gasteiger partial charge on any atom is -0.444 e. The number of hydrogen-bond donors (Lipinski definition) is 0. The molecule has 1 aromatic rings. The maximum Gasteiger partial charge on any atom is 0.410 e. The molecule has 0 N–H and O–H groups in total. The molecule has 1 aliphatic rings. The quantitative estimate of drug-likeness (QED) is 0.843. The topological polar surface area (TPSA) is 46.6 Å². The van der Waals surface area contributed by atoms with Gasteiger partial charge in [-0.3, -0.25) is 4.79 Å². The first-order chi connectivity index (χ1) is 10.3. The van der Waals surface area contributed by atoms with Crippen molar-refractivity contribution in [3.05, 3.63) is 35.6 Å². The van der Waals surface area contributed by atoms with E-state index in [0.29, 0.717) is 24.9 Å². The zero-order valence-corrected chi connectivity index (χ0v) is 13.3. The van der Waals surface area contributed by atoms with Gasteiger partial charge in [0.15, 0.2) is 0 Å². The Kier molecular flexibility index (Phi) is 4.84. The number of benzene rings is 1. The van der Waals surface area contributed by atoms with Crippen molar-refractivity contribution in [3.8, 4) is 0 Å². The molecule has 1 aromatic carbocycles. The molecular formula is C17H22FNO3. The second kappa shape index (κ2) is 6.46. The van der Waals surface area contributed by atoms with Gasteiger partial charge in [-0.2, -0.15) is 0 Å². The Morgan fingerprint density at radius 2 is 2.05 bits per heavy atom. The normalized spacial score (nSPS) is 19.2. The van der Waals surface area contributed by atoms with Gasteiger partial charge in [-0.1, -0.05) is 18.2 Å². The van der Waals surface area contributed by atoms with Crippen molar-refractivity contribution in [2.24, 2.45) is 5.92 Å². The molecule has 1 atom stereocenters. The highest BCUT2D eigenvalue weighted by Gasteiger charge is 2.32. The van der Waals surface area contributed by atoms with Crippen molar-refractivity contribution >= 4 is 11.9 Å². The summed E-state index contributed by atoms with van der Waals surface area (Å²) in [6, 6.07) is 6.43. The van der Waals surface area contributed by atoms with Crippen LogP contribution in [-0.2, 0) is 16.0 Å². The maximum atomic E-state index is 13.7. The van der Waals surface area contributed by atoms with E-state index in [9.17, 15) is 14.0 Å². The van der Waals surface area contributed by atoms with E-state index in [1.165, 1.54) is 11.0 Å². The fraction of sp³-hybridized carbons (Fsp3) is 0.529. The number of ether oxygens (including phenoxy) is 1. The van der Waals surface area contributed by atoms with Gasteiger partial charge in [0.2, 0.25) is 0 Å². The first-order valence-electron chi connectivity index (χ1n) is 7.50. The van der Waals surface area contributed by atoms with Crippen LogP contribution in [0.15, 0.2) is 24.3 Å². The summed E-state index contributed by atoms with van der Waals surface area (Å²) in [5, 5.41) is 0. The van der Waals surface area contributed by atoms with E-state index in [4.69, 9.17) is 4.74 Å². The lowest BCUT2D eigenvalue weighted by Crippen LogP contribution is -2.46. The van der Waals surface area contributed by atoms with Crippen LogP contribution in [0.4, 0.5) is 9.18 Å². The number of hydrogen-bond acceptors (Lipinski definition) is 3. The Hall–Kier alpha value is -1.91. The molecule has 1 heterocycles. The number of halogens is 1. The van der Waals surface area contributed by atoms with Gasteiger partial charge in [0, 0.05) is 25.4 Å². The Morgan fingerprint density at radius 3 is 2.68 bits per heavy atom. The third kappa shape index (κ3) is 4.29. The van der Waals surface area contributed by atoms with E-state index < -0.39 is 11.7 Å². The lowest BCUT2D eigenvalue weighted by molar-refractivity contribution is -0.125. The van der Waals surface area contributed by atoms with E-state index in [-0.39, 0.29) is 24.1 Å². The molecule has 1 fully saturated rings. The highest BCUT2D eigenvalue weighted by molar-refractivity contribution is 5.84. The molecule has 4 nitrogen and oxygen atoms in total. The van der Waals surface area contributed by atoms with Crippen molar-refractivity contribution in [1.82, 2.24) is 4.90 Å². The Balaban J connectivity index is 2.04. The van der Waals surface area contributed by atoms with Gasteiger partial charge >= 0.3 is 6.09 Å². The van der Waals surface area contributed by atoms with Crippen molar-refractivity contribution in [3.63, 3.8) is 0 Å². The molecule has 0 bridgehead atoms. The molecule has 5 heteroatoms. The van der Waals surface area contributed by atoms with Crippen LogP contribution in [0.5, 0.6) is 0 Å². The van der Waals surface area contributed by atoms with Crippen molar-refractivity contribution in [2.75, 3.05) is 13.1 Å². The Morgan fingerprint density at radius 1 is 1.36 bits per heavy atom. The van der Waals surface area contributed by atoms with E-state index in [0.717, 1.165) is 0 Å². The van der Waals surface area contributed by atoms with Crippen LogP contribution in [0.25, 0.3) is 0 Å². The van der Waals surface area contributed by atoms with Crippen LogP contribution in [-0.4, -0.2) is 35.5 Å². The van der Waals surface area contributed by atoms with Gasteiger partial charge in [0.05, 0.1) is 0 Å². The molecule has 0 unspecified atom stereocenters. The molecule has 1 saturated heterocycles. The molecule has 120 valence electrons. The summed E-state index contributed by atoms with van der Waals surface area (Å²) in [5.41, 5.74) is -0.0635. The van der Waals surface area contributed by atoms with Gasteiger partial charge in [-0.15, -0.1) is 0 Å². The van der Waals surface area contributed by atoms with Crippen molar-refractivity contribution in [2.45, 2.75) is 39.2 Å². The van der Waals surface area contributed by atoms with E-state index in [1.807, 2.05) is 0 Å². The average molecular weight is 307 g/mol. The third-order valence-electron chi connectivity index (χ3n) is 3.60. The minimum atomic E-state index is -0.570. The number of ketones is 1. The zero-order chi connectivity index (χ0) is 16.3. The molecule has 0 radical (unpaired) electrons. The molecule has 1 aliphatic heterocycles. The fourth-order valence-electron chi connectivity index (χ4n) is 2.51. The number of carbonyl (C=O) groups excluding carboxylic acids is 2. The smallest absolute Gasteiger partial charge is 0.410 e. The number of rotatable bonds is 2. The van der Waals surface area contributed by atoms with Crippen molar-refractivity contribution in [1.29, 1.82) is 0 Å². The van der Waals surface area contributed by atoms with Crippen LogP contribution in [0.3, 0.4) is 0 Å². The van der Waals surface area contributed by atoms with Crippen LogP contribution < -0.4 is 0 Å². The fourth-order valence-corrected chi connectivity index (χ4v) is 2.51. The summed E-state index contributed by atoms with van der Waals surface area (Å²) in [7, 11) is 0. The van der Waals surface area contributed by atoms with E-state index in [2.05, 4.69) is 0 Å². The second-order valence-corrected chi connectivity index (χ2v) is 6.64. The summed E-state index contributed by atoms with van der Waals surface area (Å²) in [6.45, 7) is 6.05. The number of amides is 1. The molecule has 0 aliphatic carbocycles. The number of nitrogens with zero attached hydrogens (tertiary/aromatic N) is 1. The predicted octanol–water partition coefficient (Wildman–Crippen LogP) is 3.19. The Bertz CT molecular complexity index is 565. The van der Waals surface area contributed by atoms with Gasteiger partial charge in [0.25, 0.3) is 0 Å². The first-order valence-corrected chi connectivity index (χ1v) is 7.50. The van der Waals surface area contributed by atoms with Gasteiger partial charge < -0.3 is 9.64 Å². The molecule has 2 rings (SSSR count). The maximum absolute atomic E-state index is 13.7. The molecule has 22 heavy (non-hydrogen) atoms. The highest BCUT2D eigenvalue weighted by Crippen LogP contribution is 2.21. The molecule has 1 amide bonds. The van der Waals surface area contributed by atoms with Crippen LogP contribution in [0.1, 0.15) is 32.8 Å². The van der Waals surface area contributed by atoms with Crippen LogP contribution in [0, 0.1) is 11.7 Å². The lowest BCUT2D eigenvalue weighted by Gasteiger charge is -2.33. The standard InChI is InChI=1S/C17H22FNO3/c1-17(2,3)22-16(21)19-9-8-15(20)13(11-19)10-12-6-4-5-7-14(12)18/h4-7,13H,8-11H2,1-3H3/t13-/m1/s1. The Labute approximate surface area is 130 Å². The summed E-state index contributed by atoms with van der Waals surface area (Å²) >= 11 is 0. The van der Waals surface area contributed by atoms with Gasteiger partial charge in [-0.05, 0) is 38.8 Å². The number of piperidine rings is 1. The summed E-state index contributed by atoms with van der Waals surface area (Å²) in [4.78, 5) is 25.7. The number of carbonyl (C=O) groups is 2. The summed E-state index contributed by atoms with van der Waals surface area (Å²) in [6.07, 6.45) is 0.182. The number of Topliss-reactive ketones (excluding diaryl/α,β-unsaturated/α-hetero) is 1. The third-order valence-corrected chi connectivity index (χ3v) is 3.60.